The summed E-state index contributed by atoms with van der Waals surface area (Å²) in [4.78, 5) is 16.3. The van der Waals surface area contributed by atoms with Crippen molar-refractivity contribution in [2.24, 2.45) is 0 Å². The average Bonchev–Trinajstić information content (AvgIpc) is 2.77. The molecule has 0 spiro atoms. The van der Waals surface area contributed by atoms with Crippen molar-refractivity contribution < 1.29 is 4.79 Å². The summed E-state index contributed by atoms with van der Waals surface area (Å²) in [7, 11) is 0. The van der Waals surface area contributed by atoms with Gasteiger partial charge in [0.1, 0.15) is 0 Å². The summed E-state index contributed by atoms with van der Waals surface area (Å²) in [5.74, 6) is -0.0809. The first-order valence-electron chi connectivity index (χ1n) is 4.67. The Labute approximate surface area is 91.3 Å². The topological polar surface area (TPSA) is 46.4 Å². The van der Waals surface area contributed by atoms with Crippen LogP contribution in [0.2, 0.25) is 0 Å². The van der Waals surface area contributed by atoms with Gasteiger partial charge in [-0.3, -0.25) is 9.20 Å². The Hall–Kier alpha value is -1.62. The molecule has 2 heterocycles. The molecule has 0 aliphatic rings. The Bertz CT molecular complexity index is 497. The van der Waals surface area contributed by atoms with Crippen LogP contribution in [0.15, 0.2) is 23.8 Å². The van der Waals surface area contributed by atoms with Gasteiger partial charge in [0.25, 0.3) is 0 Å². The van der Waals surface area contributed by atoms with Gasteiger partial charge < -0.3 is 5.32 Å². The summed E-state index contributed by atoms with van der Waals surface area (Å²) < 4.78 is 1.94. The summed E-state index contributed by atoms with van der Waals surface area (Å²) in [6.07, 6.45) is 6.97. The Balaban J connectivity index is 2.18. The Kier molecular flexibility index (Phi) is 2.82. The van der Waals surface area contributed by atoms with E-state index in [1.54, 1.807) is 23.6 Å². The van der Waals surface area contributed by atoms with Crippen molar-refractivity contribution in [3.05, 3.63) is 29.5 Å². The number of thiazole rings is 1. The lowest BCUT2D eigenvalue weighted by Crippen LogP contribution is -2.19. The Morgan fingerprint density at radius 1 is 1.73 bits per heavy atom. The van der Waals surface area contributed by atoms with E-state index < -0.39 is 0 Å². The maximum Gasteiger partial charge on any atom is 0.244 e. The minimum atomic E-state index is -0.0809. The molecular weight excluding hydrogens is 210 g/mol. The SMILES string of the molecule is CCNC(=O)/C=C/c1cnc2sccn12. The van der Waals surface area contributed by atoms with Gasteiger partial charge in [-0.2, -0.15) is 0 Å². The molecule has 1 amide bonds. The molecule has 78 valence electrons. The molecule has 0 atom stereocenters. The normalized spacial score (nSPS) is 11.3. The molecule has 2 aromatic rings. The number of nitrogens with zero attached hydrogens (tertiary/aromatic N) is 2. The second-order valence-electron chi connectivity index (χ2n) is 2.97. The molecule has 1 N–H and O–H groups in total. The first kappa shape index (κ1) is 9.92. The molecule has 0 saturated heterocycles. The van der Waals surface area contributed by atoms with Crippen LogP contribution in [0.3, 0.4) is 0 Å². The average molecular weight is 221 g/mol. The highest BCUT2D eigenvalue weighted by molar-refractivity contribution is 7.15. The van der Waals surface area contributed by atoms with Crippen LogP contribution in [0.25, 0.3) is 11.0 Å². The third-order valence-corrected chi connectivity index (χ3v) is 2.70. The minimum Gasteiger partial charge on any atom is -0.353 e. The van der Waals surface area contributed by atoms with Crippen molar-refractivity contribution in [1.29, 1.82) is 0 Å². The van der Waals surface area contributed by atoms with Crippen molar-refractivity contribution in [3.63, 3.8) is 0 Å². The second-order valence-corrected chi connectivity index (χ2v) is 3.84. The van der Waals surface area contributed by atoms with Crippen LogP contribution in [0.4, 0.5) is 0 Å². The van der Waals surface area contributed by atoms with Gasteiger partial charge in [0.2, 0.25) is 5.91 Å². The highest BCUT2D eigenvalue weighted by Gasteiger charge is 2.00. The predicted molar refractivity (Wildman–Crippen MR) is 60.8 cm³/mol. The predicted octanol–water partition coefficient (Wildman–Crippen LogP) is 1.55. The zero-order valence-corrected chi connectivity index (χ0v) is 9.12. The minimum absolute atomic E-state index is 0.0809. The van der Waals surface area contributed by atoms with E-state index in [2.05, 4.69) is 10.3 Å². The molecule has 0 radical (unpaired) electrons. The van der Waals surface area contributed by atoms with Crippen LogP contribution in [-0.4, -0.2) is 21.8 Å². The molecule has 0 bridgehead atoms. The summed E-state index contributed by atoms with van der Waals surface area (Å²) in [5, 5.41) is 4.66. The van der Waals surface area contributed by atoms with E-state index in [-0.39, 0.29) is 5.91 Å². The maximum atomic E-state index is 11.2. The van der Waals surface area contributed by atoms with Gasteiger partial charge in [0, 0.05) is 24.2 Å². The number of fused-ring (bicyclic) bond motifs is 1. The van der Waals surface area contributed by atoms with Crippen LogP contribution in [0, 0.1) is 0 Å². The zero-order valence-electron chi connectivity index (χ0n) is 8.30. The smallest absolute Gasteiger partial charge is 0.244 e. The first-order chi connectivity index (χ1) is 7.31. The zero-order chi connectivity index (χ0) is 10.7. The Morgan fingerprint density at radius 2 is 2.60 bits per heavy atom. The number of carbonyl (C=O) groups is 1. The van der Waals surface area contributed by atoms with Gasteiger partial charge in [-0.05, 0) is 13.0 Å². The molecule has 5 heteroatoms. The molecule has 0 fully saturated rings. The lowest BCUT2D eigenvalue weighted by Gasteiger charge is -1.94. The molecule has 0 aliphatic carbocycles. The van der Waals surface area contributed by atoms with Gasteiger partial charge in [-0.25, -0.2) is 4.98 Å². The largest absolute Gasteiger partial charge is 0.353 e. The fourth-order valence-electron chi connectivity index (χ4n) is 1.26. The van der Waals surface area contributed by atoms with Gasteiger partial charge >= 0.3 is 0 Å². The number of hydrogen-bond acceptors (Lipinski definition) is 3. The summed E-state index contributed by atoms with van der Waals surface area (Å²) >= 11 is 1.57. The highest BCUT2D eigenvalue weighted by atomic mass is 32.1. The molecule has 2 rings (SSSR count). The van der Waals surface area contributed by atoms with Gasteiger partial charge in [-0.15, -0.1) is 11.3 Å². The maximum absolute atomic E-state index is 11.2. The van der Waals surface area contributed by atoms with E-state index in [0.717, 1.165) is 10.7 Å². The van der Waals surface area contributed by atoms with Gasteiger partial charge in [0.15, 0.2) is 4.96 Å². The van der Waals surface area contributed by atoms with Crippen LogP contribution in [-0.2, 0) is 4.79 Å². The standard InChI is InChI=1S/C10H11N3OS/c1-2-11-9(14)4-3-8-7-12-10-13(8)5-6-15-10/h3-7H,2H2,1H3,(H,11,14)/b4-3+. The fraction of sp³-hybridized carbons (Fsp3) is 0.200. The highest BCUT2D eigenvalue weighted by Crippen LogP contribution is 2.13. The fourth-order valence-corrected chi connectivity index (χ4v) is 1.96. The van der Waals surface area contributed by atoms with Crippen molar-refractivity contribution in [3.8, 4) is 0 Å². The quantitative estimate of drug-likeness (QED) is 0.799. The number of hydrogen-bond donors (Lipinski definition) is 1. The third kappa shape index (κ3) is 2.07. The number of aromatic nitrogens is 2. The summed E-state index contributed by atoms with van der Waals surface area (Å²) in [5.41, 5.74) is 0.914. The monoisotopic (exact) mass is 221 g/mol. The molecule has 0 saturated carbocycles. The lowest BCUT2D eigenvalue weighted by molar-refractivity contribution is -0.116. The lowest BCUT2D eigenvalue weighted by atomic mass is 10.4. The van der Waals surface area contributed by atoms with E-state index in [9.17, 15) is 4.79 Å². The number of imidazole rings is 1. The van der Waals surface area contributed by atoms with Crippen molar-refractivity contribution in [1.82, 2.24) is 14.7 Å². The van der Waals surface area contributed by atoms with Gasteiger partial charge in [-0.1, -0.05) is 0 Å². The van der Waals surface area contributed by atoms with Crippen molar-refractivity contribution in [2.75, 3.05) is 6.54 Å². The summed E-state index contributed by atoms with van der Waals surface area (Å²) in [6, 6.07) is 0. The number of amides is 1. The molecule has 0 aliphatic heterocycles. The van der Waals surface area contributed by atoms with Crippen molar-refractivity contribution in [2.45, 2.75) is 6.92 Å². The number of likely N-dealkylation sites (N-methyl/N-ethyl adjacent to an activating group) is 1. The molecule has 0 aromatic carbocycles. The van der Waals surface area contributed by atoms with Crippen LogP contribution < -0.4 is 5.32 Å². The van der Waals surface area contributed by atoms with Crippen LogP contribution >= 0.6 is 11.3 Å². The molecule has 15 heavy (non-hydrogen) atoms. The van der Waals surface area contributed by atoms with Crippen molar-refractivity contribution >= 4 is 28.3 Å². The van der Waals surface area contributed by atoms with E-state index in [1.165, 1.54) is 6.08 Å². The van der Waals surface area contributed by atoms with E-state index >= 15 is 0 Å². The molecule has 4 nitrogen and oxygen atoms in total. The van der Waals surface area contributed by atoms with Gasteiger partial charge in [0.05, 0.1) is 11.9 Å². The Morgan fingerprint density at radius 3 is 3.40 bits per heavy atom. The number of carbonyl (C=O) groups excluding carboxylic acids is 1. The van der Waals surface area contributed by atoms with Crippen LogP contribution in [0.5, 0.6) is 0 Å². The van der Waals surface area contributed by atoms with E-state index in [4.69, 9.17) is 0 Å². The summed E-state index contributed by atoms with van der Waals surface area (Å²) in [6.45, 7) is 2.53. The second kappa shape index (κ2) is 4.27. The first-order valence-corrected chi connectivity index (χ1v) is 5.55. The van der Waals surface area contributed by atoms with E-state index in [0.29, 0.717) is 6.54 Å². The third-order valence-electron chi connectivity index (χ3n) is 1.93. The van der Waals surface area contributed by atoms with E-state index in [1.807, 2.05) is 22.9 Å². The number of nitrogens with one attached hydrogen (secondary N) is 1. The molecule has 0 unspecified atom stereocenters. The molecular formula is C10H11N3OS. The van der Waals surface area contributed by atoms with Crippen LogP contribution in [0.1, 0.15) is 12.6 Å². The number of rotatable bonds is 3. The molecule has 2 aromatic heterocycles.